The number of amides is 2. The van der Waals surface area contributed by atoms with E-state index in [4.69, 9.17) is 4.74 Å². The van der Waals surface area contributed by atoms with Crippen LogP contribution in [0.4, 0.5) is 11.4 Å². The lowest BCUT2D eigenvalue weighted by Crippen LogP contribution is -2.34. The Bertz CT molecular complexity index is 1140. The number of thiophene rings is 1. The smallest absolute Gasteiger partial charge is 0.255 e. The van der Waals surface area contributed by atoms with Gasteiger partial charge in [-0.15, -0.1) is 11.3 Å². The normalized spacial score (nSPS) is 11.2. The zero-order chi connectivity index (χ0) is 22.4. The summed E-state index contributed by atoms with van der Waals surface area (Å²) in [5.41, 5.74) is 1.48. The average Bonchev–Trinajstić information content (AvgIpc) is 3.30. The minimum absolute atomic E-state index is 0.176. The van der Waals surface area contributed by atoms with Crippen molar-refractivity contribution < 1.29 is 22.7 Å². The number of carbonyl (C=O) groups excluding carboxylic acids is 2. The van der Waals surface area contributed by atoms with Gasteiger partial charge in [-0.3, -0.25) is 9.59 Å². The molecule has 0 aliphatic rings. The molecule has 8 nitrogen and oxygen atoms in total. The highest BCUT2D eigenvalue weighted by Gasteiger charge is 2.23. The Hall–Kier alpha value is -3.21. The van der Waals surface area contributed by atoms with Crippen LogP contribution in [-0.4, -0.2) is 45.2 Å². The van der Waals surface area contributed by atoms with Gasteiger partial charge in [0.2, 0.25) is 5.91 Å². The number of hydrogen-bond donors (Lipinski definition) is 2. The Morgan fingerprint density at radius 2 is 1.58 bits per heavy atom. The molecule has 1 heterocycles. The van der Waals surface area contributed by atoms with Crippen LogP contribution in [0.25, 0.3) is 0 Å². The second-order valence-electron chi connectivity index (χ2n) is 6.50. The van der Waals surface area contributed by atoms with E-state index < -0.39 is 15.9 Å². The summed E-state index contributed by atoms with van der Waals surface area (Å²) < 4.78 is 31.0. The van der Waals surface area contributed by atoms with Crippen molar-refractivity contribution in [1.29, 1.82) is 0 Å². The maximum absolute atomic E-state index is 12.4. The molecule has 0 unspecified atom stereocenters. The number of methoxy groups -OCH3 is 1. The second kappa shape index (κ2) is 9.73. The summed E-state index contributed by atoms with van der Waals surface area (Å²) in [5, 5.41) is 7.06. The van der Waals surface area contributed by atoms with Gasteiger partial charge in [0.15, 0.2) is 0 Å². The zero-order valence-electron chi connectivity index (χ0n) is 16.9. The molecular weight excluding hydrogens is 438 g/mol. The summed E-state index contributed by atoms with van der Waals surface area (Å²) in [6.07, 6.45) is 0. The van der Waals surface area contributed by atoms with E-state index in [2.05, 4.69) is 10.6 Å². The number of anilines is 2. The van der Waals surface area contributed by atoms with E-state index in [0.29, 0.717) is 22.7 Å². The molecule has 0 saturated heterocycles. The number of nitrogens with one attached hydrogen (secondary N) is 2. The van der Waals surface area contributed by atoms with Gasteiger partial charge in [0.25, 0.3) is 15.9 Å². The predicted molar refractivity (Wildman–Crippen MR) is 120 cm³/mol. The molecule has 0 saturated carbocycles. The van der Waals surface area contributed by atoms with Gasteiger partial charge in [0.1, 0.15) is 9.96 Å². The molecule has 2 aromatic carbocycles. The average molecular weight is 460 g/mol. The first-order valence-corrected chi connectivity index (χ1v) is 11.5. The van der Waals surface area contributed by atoms with E-state index in [-0.39, 0.29) is 16.7 Å². The van der Waals surface area contributed by atoms with Crippen molar-refractivity contribution in [3.05, 3.63) is 71.6 Å². The molecule has 1 aromatic heterocycles. The Labute approximate surface area is 184 Å². The summed E-state index contributed by atoms with van der Waals surface area (Å²) in [6, 6.07) is 16.4. The molecule has 3 rings (SSSR count). The lowest BCUT2D eigenvalue weighted by atomic mass is 10.2. The first kappa shape index (κ1) is 22.5. The first-order valence-electron chi connectivity index (χ1n) is 9.15. The van der Waals surface area contributed by atoms with E-state index >= 15 is 0 Å². The largest absolute Gasteiger partial charge is 0.497 e. The van der Waals surface area contributed by atoms with E-state index in [1.54, 1.807) is 67.1 Å². The van der Waals surface area contributed by atoms with Gasteiger partial charge < -0.3 is 15.4 Å². The third-order valence-corrected chi connectivity index (χ3v) is 7.48. The lowest BCUT2D eigenvalue weighted by Gasteiger charge is -2.15. The maximum Gasteiger partial charge on any atom is 0.255 e. The number of carbonyl (C=O) groups is 2. The quantitative estimate of drug-likeness (QED) is 0.538. The molecule has 0 fully saturated rings. The van der Waals surface area contributed by atoms with Gasteiger partial charge in [-0.25, -0.2) is 8.42 Å². The second-order valence-corrected chi connectivity index (χ2v) is 9.72. The number of rotatable bonds is 8. The van der Waals surface area contributed by atoms with Crippen LogP contribution in [0.1, 0.15) is 10.4 Å². The van der Waals surface area contributed by atoms with Gasteiger partial charge in [-0.05, 0) is 60.0 Å². The topological polar surface area (TPSA) is 105 Å². The van der Waals surface area contributed by atoms with E-state index in [0.717, 1.165) is 15.6 Å². The third-order valence-electron chi connectivity index (χ3n) is 4.30. The summed E-state index contributed by atoms with van der Waals surface area (Å²) in [4.78, 5) is 24.6. The van der Waals surface area contributed by atoms with Crippen molar-refractivity contribution >= 4 is 44.5 Å². The van der Waals surface area contributed by atoms with E-state index in [1.807, 2.05) is 0 Å². The van der Waals surface area contributed by atoms with Crippen molar-refractivity contribution in [2.24, 2.45) is 0 Å². The fourth-order valence-electron chi connectivity index (χ4n) is 2.63. The lowest BCUT2D eigenvalue weighted by molar-refractivity contribution is -0.116. The Morgan fingerprint density at radius 1 is 0.968 bits per heavy atom. The van der Waals surface area contributed by atoms with Crippen molar-refractivity contribution in [3.63, 3.8) is 0 Å². The maximum atomic E-state index is 12.4. The molecule has 31 heavy (non-hydrogen) atoms. The number of hydrogen-bond acceptors (Lipinski definition) is 6. The standard InChI is InChI=1S/C21H21N3O5S2/c1-24(31(27,28)20-4-3-13-30-20)14-19(25)22-16-7-5-15(6-8-16)21(26)23-17-9-11-18(29-2)12-10-17/h3-13H,14H2,1-2H3,(H,22,25)(H,23,26). The molecule has 0 spiro atoms. The van der Waals surface area contributed by atoms with Crippen LogP contribution in [0, 0.1) is 0 Å². The van der Waals surface area contributed by atoms with Crippen LogP contribution in [-0.2, 0) is 14.8 Å². The molecule has 3 aromatic rings. The van der Waals surface area contributed by atoms with Gasteiger partial charge in [-0.1, -0.05) is 6.07 Å². The highest BCUT2D eigenvalue weighted by Crippen LogP contribution is 2.20. The van der Waals surface area contributed by atoms with Crippen LogP contribution < -0.4 is 15.4 Å². The Balaban J connectivity index is 1.57. The highest BCUT2D eigenvalue weighted by atomic mass is 32.2. The Morgan fingerprint density at radius 3 is 2.16 bits per heavy atom. The van der Waals surface area contributed by atoms with Crippen LogP contribution in [0.2, 0.25) is 0 Å². The molecule has 2 amide bonds. The molecule has 162 valence electrons. The van der Waals surface area contributed by atoms with Crippen molar-refractivity contribution in [2.45, 2.75) is 4.21 Å². The number of ether oxygens (including phenoxy) is 1. The molecule has 0 bridgehead atoms. The number of sulfonamides is 1. The summed E-state index contributed by atoms with van der Waals surface area (Å²) in [5.74, 6) is -0.102. The first-order chi connectivity index (χ1) is 14.8. The van der Waals surface area contributed by atoms with Crippen LogP contribution in [0.5, 0.6) is 5.75 Å². The van der Waals surface area contributed by atoms with Crippen molar-refractivity contribution in [1.82, 2.24) is 4.31 Å². The van der Waals surface area contributed by atoms with Crippen molar-refractivity contribution in [3.8, 4) is 5.75 Å². The summed E-state index contributed by atoms with van der Waals surface area (Å²) >= 11 is 1.09. The van der Waals surface area contributed by atoms with Crippen molar-refractivity contribution in [2.75, 3.05) is 31.3 Å². The minimum Gasteiger partial charge on any atom is -0.497 e. The van der Waals surface area contributed by atoms with Crippen LogP contribution >= 0.6 is 11.3 Å². The Kier molecular flexibility index (Phi) is 7.06. The third kappa shape index (κ3) is 5.69. The SMILES string of the molecule is COc1ccc(NC(=O)c2ccc(NC(=O)CN(C)S(=O)(=O)c3cccs3)cc2)cc1. The zero-order valence-corrected chi connectivity index (χ0v) is 18.5. The van der Waals surface area contributed by atoms with Gasteiger partial charge in [0.05, 0.1) is 13.7 Å². The molecule has 0 radical (unpaired) electrons. The fourth-order valence-corrected chi connectivity index (χ4v) is 4.96. The number of benzene rings is 2. The highest BCUT2D eigenvalue weighted by molar-refractivity contribution is 7.91. The molecule has 10 heteroatoms. The van der Waals surface area contributed by atoms with Crippen LogP contribution in [0.3, 0.4) is 0 Å². The van der Waals surface area contributed by atoms with E-state index in [1.165, 1.54) is 13.1 Å². The van der Waals surface area contributed by atoms with Gasteiger partial charge in [0, 0.05) is 24.0 Å². The molecule has 0 aliphatic carbocycles. The summed E-state index contributed by atoms with van der Waals surface area (Å²) in [7, 11) is -0.792. The monoisotopic (exact) mass is 459 g/mol. The molecule has 0 aliphatic heterocycles. The van der Waals surface area contributed by atoms with Gasteiger partial charge in [-0.2, -0.15) is 4.31 Å². The molecule has 0 atom stereocenters. The molecular formula is C21H21N3O5S2. The number of likely N-dealkylation sites (N-methyl/N-ethyl adjacent to an activating group) is 1. The summed E-state index contributed by atoms with van der Waals surface area (Å²) in [6.45, 7) is -0.333. The van der Waals surface area contributed by atoms with Gasteiger partial charge >= 0.3 is 0 Å². The minimum atomic E-state index is -3.70. The predicted octanol–water partition coefficient (Wildman–Crippen LogP) is 3.27. The molecule has 2 N–H and O–H groups in total. The van der Waals surface area contributed by atoms with Crippen LogP contribution in [0.15, 0.2) is 70.3 Å². The fraction of sp³-hybridized carbons (Fsp3) is 0.143. The number of nitrogens with zero attached hydrogens (tertiary/aromatic N) is 1. The van der Waals surface area contributed by atoms with E-state index in [9.17, 15) is 18.0 Å².